The van der Waals surface area contributed by atoms with Gasteiger partial charge < -0.3 is 10.6 Å². The van der Waals surface area contributed by atoms with E-state index in [4.69, 9.17) is 0 Å². The van der Waals surface area contributed by atoms with E-state index in [1.54, 1.807) is 0 Å². The summed E-state index contributed by atoms with van der Waals surface area (Å²) in [6, 6.07) is 15.2. The Kier molecular flexibility index (Phi) is 5.07. The van der Waals surface area contributed by atoms with Crippen molar-refractivity contribution in [3.8, 4) is 11.4 Å². The highest BCUT2D eigenvalue weighted by molar-refractivity contribution is 5.90. The smallest absolute Gasteiger partial charge is 0.319 e. The van der Waals surface area contributed by atoms with Gasteiger partial charge in [-0.05, 0) is 44.0 Å². The lowest BCUT2D eigenvalue weighted by atomic mass is 9.93. The molecule has 0 aliphatic heterocycles. The second-order valence-electron chi connectivity index (χ2n) is 6.98. The number of nitrogens with one attached hydrogen (secondary N) is 3. The highest BCUT2D eigenvalue weighted by atomic mass is 16.2. The summed E-state index contributed by atoms with van der Waals surface area (Å²) in [5, 5.41) is 12.5. The Morgan fingerprint density at radius 2 is 1.89 bits per heavy atom. The minimum Gasteiger partial charge on any atom is -0.329 e. The van der Waals surface area contributed by atoms with Gasteiger partial charge in [0.05, 0.1) is 5.54 Å². The van der Waals surface area contributed by atoms with E-state index in [0.717, 1.165) is 22.3 Å². The molecule has 0 atom stereocenters. The first-order chi connectivity index (χ1) is 12.8. The fraction of sp³-hybridized carbons (Fsp3) is 0.190. The summed E-state index contributed by atoms with van der Waals surface area (Å²) < 4.78 is 0. The van der Waals surface area contributed by atoms with Gasteiger partial charge in [0.2, 0.25) is 0 Å². The number of carbonyl (C=O) groups excluding carboxylic acids is 1. The molecular formula is C21H23N5O. The third-order valence-corrected chi connectivity index (χ3v) is 4.33. The van der Waals surface area contributed by atoms with E-state index in [-0.39, 0.29) is 6.03 Å². The van der Waals surface area contributed by atoms with E-state index in [9.17, 15) is 4.79 Å². The Labute approximate surface area is 158 Å². The van der Waals surface area contributed by atoms with Crippen LogP contribution in [0.2, 0.25) is 0 Å². The van der Waals surface area contributed by atoms with Crippen LogP contribution >= 0.6 is 0 Å². The van der Waals surface area contributed by atoms with Crippen molar-refractivity contribution in [1.29, 1.82) is 0 Å². The van der Waals surface area contributed by atoms with Crippen LogP contribution in [0, 0.1) is 0 Å². The topological polar surface area (TPSA) is 82.7 Å². The fourth-order valence-corrected chi connectivity index (χ4v) is 2.78. The van der Waals surface area contributed by atoms with Crippen LogP contribution in [0.25, 0.3) is 17.0 Å². The van der Waals surface area contributed by atoms with Gasteiger partial charge in [-0.1, -0.05) is 48.6 Å². The number of H-pyrrole nitrogens is 1. The Morgan fingerprint density at radius 1 is 1.15 bits per heavy atom. The lowest BCUT2D eigenvalue weighted by Gasteiger charge is -2.27. The van der Waals surface area contributed by atoms with Crippen molar-refractivity contribution >= 4 is 17.3 Å². The Morgan fingerprint density at radius 3 is 2.52 bits per heavy atom. The monoisotopic (exact) mass is 361 g/mol. The molecule has 0 saturated heterocycles. The van der Waals surface area contributed by atoms with Gasteiger partial charge in [0.15, 0.2) is 5.82 Å². The van der Waals surface area contributed by atoms with E-state index in [1.165, 1.54) is 6.33 Å². The van der Waals surface area contributed by atoms with Crippen LogP contribution in [0.1, 0.15) is 31.9 Å². The largest absolute Gasteiger partial charge is 0.329 e. The number of allylic oxidation sites excluding steroid dienone is 1. The van der Waals surface area contributed by atoms with Crippen LogP contribution in [0.3, 0.4) is 0 Å². The summed E-state index contributed by atoms with van der Waals surface area (Å²) in [7, 11) is 0. The molecule has 0 spiro atoms. The average molecular weight is 361 g/mol. The fourth-order valence-electron chi connectivity index (χ4n) is 2.78. The van der Waals surface area contributed by atoms with Crippen LogP contribution in [-0.2, 0) is 5.54 Å². The van der Waals surface area contributed by atoms with Gasteiger partial charge in [0.1, 0.15) is 6.33 Å². The van der Waals surface area contributed by atoms with Crippen molar-refractivity contribution in [3.63, 3.8) is 0 Å². The number of carbonyl (C=O) groups is 1. The van der Waals surface area contributed by atoms with Gasteiger partial charge in [-0.3, -0.25) is 5.10 Å². The number of aromatic amines is 1. The quantitative estimate of drug-likeness (QED) is 0.623. The molecule has 0 bridgehead atoms. The normalized spacial score (nSPS) is 11.1. The lowest BCUT2D eigenvalue weighted by molar-refractivity contribution is 0.242. The zero-order valence-corrected chi connectivity index (χ0v) is 15.7. The number of benzene rings is 2. The first kappa shape index (κ1) is 18.4. The predicted octanol–water partition coefficient (Wildman–Crippen LogP) is 4.56. The predicted molar refractivity (Wildman–Crippen MR) is 108 cm³/mol. The number of amides is 2. The maximum atomic E-state index is 12.5. The van der Waals surface area contributed by atoms with Crippen molar-refractivity contribution in [2.45, 2.75) is 26.3 Å². The number of urea groups is 1. The molecule has 3 aromatic rings. The van der Waals surface area contributed by atoms with Gasteiger partial charge in [-0.15, -0.1) is 0 Å². The lowest BCUT2D eigenvalue weighted by Crippen LogP contribution is -2.43. The molecule has 6 heteroatoms. The third-order valence-electron chi connectivity index (χ3n) is 4.33. The summed E-state index contributed by atoms with van der Waals surface area (Å²) >= 11 is 0. The molecule has 1 aromatic heterocycles. The van der Waals surface area contributed by atoms with Crippen LogP contribution in [-0.4, -0.2) is 21.2 Å². The average Bonchev–Trinajstić information content (AvgIpc) is 3.16. The first-order valence-corrected chi connectivity index (χ1v) is 8.66. The molecule has 6 nitrogen and oxygen atoms in total. The van der Waals surface area contributed by atoms with Crippen molar-refractivity contribution in [2.24, 2.45) is 0 Å². The minimum absolute atomic E-state index is 0.279. The van der Waals surface area contributed by atoms with Gasteiger partial charge >= 0.3 is 6.03 Å². The van der Waals surface area contributed by atoms with Gasteiger partial charge in [-0.25, -0.2) is 9.78 Å². The van der Waals surface area contributed by atoms with E-state index >= 15 is 0 Å². The van der Waals surface area contributed by atoms with Crippen LogP contribution in [0.5, 0.6) is 0 Å². The molecule has 3 N–H and O–H groups in total. The number of anilines is 1. The van der Waals surface area contributed by atoms with E-state index in [0.29, 0.717) is 11.5 Å². The molecule has 0 unspecified atom stereocenters. The minimum atomic E-state index is -0.528. The number of nitrogens with zero attached hydrogens (tertiary/aromatic N) is 2. The standard InChI is InChI=1S/C21H23N5O/c1-14(2)15-8-10-17(11-9-15)21(3,4)25-20(27)24-18-7-5-6-16(12-18)19-22-13-23-26-19/h5-13H,1H2,2-4H3,(H,22,23,26)(H2,24,25,27). The molecule has 0 radical (unpaired) electrons. The Hall–Kier alpha value is -3.41. The molecule has 0 fully saturated rings. The van der Waals surface area contributed by atoms with Crippen molar-refractivity contribution in [1.82, 2.24) is 20.5 Å². The summed E-state index contributed by atoms with van der Waals surface area (Å²) in [6.07, 6.45) is 1.45. The van der Waals surface area contributed by atoms with E-state index in [1.807, 2.05) is 69.3 Å². The summed E-state index contributed by atoms with van der Waals surface area (Å²) in [4.78, 5) is 16.6. The zero-order chi connectivity index (χ0) is 19.4. The number of rotatable bonds is 5. The molecule has 27 heavy (non-hydrogen) atoms. The van der Waals surface area contributed by atoms with Crippen molar-refractivity contribution in [2.75, 3.05) is 5.32 Å². The highest BCUT2D eigenvalue weighted by Gasteiger charge is 2.23. The van der Waals surface area contributed by atoms with Gasteiger partial charge in [0, 0.05) is 11.3 Å². The Balaban J connectivity index is 1.69. The maximum absolute atomic E-state index is 12.5. The summed E-state index contributed by atoms with van der Waals surface area (Å²) in [5.41, 5.74) is 4.10. The highest BCUT2D eigenvalue weighted by Crippen LogP contribution is 2.23. The molecule has 1 heterocycles. The molecule has 2 aromatic carbocycles. The van der Waals surface area contributed by atoms with Crippen LogP contribution in [0.15, 0.2) is 61.4 Å². The summed E-state index contributed by atoms with van der Waals surface area (Å²) in [5.74, 6) is 0.650. The van der Waals surface area contributed by atoms with Crippen molar-refractivity contribution < 1.29 is 4.79 Å². The molecule has 2 amide bonds. The second-order valence-corrected chi connectivity index (χ2v) is 6.98. The molecule has 3 rings (SSSR count). The van der Waals surface area contributed by atoms with Gasteiger partial charge in [-0.2, -0.15) is 5.10 Å². The molecule has 0 saturated carbocycles. The molecule has 0 aliphatic rings. The zero-order valence-electron chi connectivity index (χ0n) is 15.7. The van der Waals surface area contributed by atoms with Crippen molar-refractivity contribution in [3.05, 3.63) is 72.6 Å². The molecule has 0 aliphatic carbocycles. The molecular weight excluding hydrogens is 338 g/mol. The van der Waals surface area contributed by atoms with E-state index < -0.39 is 5.54 Å². The van der Waals surface area contributed by atoms with E-state index in [2.05, 4.69) is 32.4 Å². The van der Waals surface area contributed by atoms with Crippen LogP contribution < -0.4 is 10.6 Å². The SMILES string of the molecule is C=C(C)c1ccc(C(C)(C)NC(=O)Nc2cccc(-c3ncn[nH]3)c2)cc1. The van der Waals surface area contributed by atoms with Crippen LogP contribution in [0.4, 0.5) is 10.5 Å². The number of hydrogen-bond acceptors (Lipinski definition) is 3. The molecule has 138 valence electrons. The number of aromatic nitrogens is 3. The first-order valence-electron chi connectivity index (χ1n) is 8.66. The number of hydrogen-bond donors (Lipinski definition) is 3. The van der Waals surface area contributed by atoms with Gasteiger partial charge in [0.25, 0.3) is 0 Å². The third kappa shape index (κ3) is 4.41. The summed E-state index contributed by atoms with van der Waals surface area (Å²) in [6.45, 7) is 9.85. The second kappa shape index (κ2) is 7.45. The Bertz CT molecular complexity index is 943. The maximum Gasteiger partial charge on any atom is 0.319 e.